The molecule has 1 N–H and O–H groups in total. The van der Waals surface area contributed by atoms with Crippen molar-refractivity contribution in [3.05, 3.63) is 54.7 Å². The van der Waals surface area contributed by atoms with Crippen LogP contribution >= 0.6 is 0 Å². The van der Waals surface area contributed by atoms with Gasteiger partial charge in [-0.2, -0.15) is 5.10 Å². The fourth-order valence-corrected chi connectivity index (χ4v) is 2.95. The van der Waals surface area contributed by atoms with Crippen LogP contribution in [0.4, 0.5) is 11.4 Å². The number of anilines is 2. The molecule has 2 heterocycles. The number of nitrogens with zero attached hydrogens (tertiary/aromatic N) is 2. The lowest BCUT2D eigenvalue weighted by molar-refractivity contribution is -0.0366. The molecule has 0 saturated carbocycles. The van der Waals surface area contributed by atoms with Gasteiger partial charge in [0, 0.05) is 23.4 Å². The minimum Gasteiger partial charge on any atom is -0.356 e. The van der Waals surface area contributed by atoms with Crippen LogP contribution in [0.2, 0.25) is 0 Å². The topological polar surface area (TPSA) is 39.1 Å². The van der Waals surface area contributed by atoms with E-state index in [1.165, 1.54) is 6.42 Å². The fourth-order valence-electron chi connectivity index (χ4n) is 2.95. The monoisotopic (exact) mass is 293 g/mol. The molecule has 0 radical (unpaired) electrons. The van der Waals surface area contributed by atoms with Gasteiger partial charge in [0.15, 0.2) is 6.23 Å². The summed E-state index contributed by atoms with van der Waals surface area (Å²) >= 11 is 0. The van der Waals surface area contributed by atoms with E-state index in [1.54, 1.807) is 0 Å². The summed E-state index contributed by atoms with van der Waals surface area (Å²) in [5.74, 6) is 0. The van der Waals surface area contributed by atoms with Gasteiger partial charge < -0.3 is 10.1 Å². The number of benzene rings is 2. The first-order valence-electron chi connectivity index (χ1n) is 7.81. The summed E-state index contributed by atoms with van der Waals surface area (Å²) in [5, 5.41) is 9.11. The highest BCUT2D eigenvalue weighted by Crippen LogP contribution is 2.28. The van der Waals surface area contributed by atoms with E-state index < -0.39 is 0 Å². The number of hydrogen-bond donors (Lipinski definition) is 1. The Kier molecular flexibility index (Phi) is 3.52. The molecule has 2 aromatic carbocycles. The van der Waals surface area contributed by atoms with Crippen LogP contribution in [0.25, 0.3) is 10.9 Å². The number of aromatic nitrogens is 2. The SMILES string of the molecule is c1ccc(Nc2ccc3cnn(C4CCCCO4)c3c2)cc1. The van der Waals surface area contributed by atoms with Gasteiger partial charge >= 0.3 is 0 Å². The second-order valence-electron chi connectivity index (χ2n) is 5.67. The molecule has 112 valence electrons. The molecule has 3 aromatic rings. The quantitative estimate of drug-likeness (QED) is 0.774. The first-order chi connectivity index (χ1) is 10.9. The van der Waals surface area contributed by atoms with Crippen LogP contribution in [0.1, 0.15) is 25.5 Å². The molecule has 4 nitrogen and oxygen atoms in total. The lowest BCUT2D eigenvalue weighted by Crippen LogP contribution is -2.18. The maximum atomic E-state index is 5.87. The third kappa shape index (κ3) is 2.57. The van der Waals surface area contributed by atoms with Gasteiger partial charge in [0.2, 0.25) is 0 Å². The number of fused-ring (bicyclic) bond motifs is 1. The zero-order valence-electron chi connectivity index (χ0n) is 12.4. The summed E-state index contributed by atoms with van der Waals surface area (Å²) in [5.41, 5.74) is 3.27. The Labute approximate surface area is 129 Å². The van der Waals surface area contributed by atoms with E-state index in [1.807, 2.05) is 29.1 Å². The predicted octanol–water partition coefficient (Wildman–Crippen LogP) is 4.48. The molecule has 0 spiro atoms. The maximum Gasteiger partial charge on any atom is 0.150 e. The van der Waals surface area contributed by atoms with E-state index >= 15 is 0 Å². The fraction of sp³-hybridized carbons (Fsp3) is 0.278. The third-order valence-electron chi connectivity index (χ3n) is 4.09. The molecular formula is C18H19N3O. The smallest absolute Gasteiger partial charge is 0.150 e. The van der Waals surface area contributed by atoms with Crippen LogP contribution in [0, 0.1) is 0 Å². The third-order valence-corrected chi connectivity index (χ3v) is 4.09. The highest BCUT2D eigenvalue weighted by atomic mass is 16.5. The molecule has 1 atom stereocenters. The Morgan fingerprint density at radius 1 is 1.05 bits per heavy atom. The molecule has 1 unspecified atom stereocenters. The van der Waals surface area contributed by atoms with Crippen molar-refractivity contribution in [3.8, 4) is 0 Å². The van der Waals surface area contributed by atoms with Gasteiger partial charge in [0.05, 0.1) is 11.7 Å². The molecule has 1 aliphatic rings. The Balaban J connectivity index is 1.67. The van der Waals surface area contributed by atoms with Crippen LogP contribution in [-0.2, 0) is 4.74 Å². The standard InChI is InChI=1S/C18H19N3O/c1-2-6-15(7-3-1)20-16-10-9-14-13-19-21(17(14)12-16)18-8-4-5-11-22-18/h1-3,6-7,9-10,12-13,18,20H,4-5,8,11H2. The van der Waals surface area contributed by atoms with Crippen LogP contribution in [0.5, 0.6) is 0 Å². The van der Waals surface area contributed by atoms with Crippen molar-refractivity contribution < 1.29 is 4.74 Å². The van der Waals surface area contributed by atoms with Gasteiger partial charge in [-0.1, -0.05) is 18.2 Å². The van der Waals surface area contributed by atoms with E-state index in [0.29, 0.717) is 0 Å². The van der Waals surface area contributed by atoms with Gasteiger partial charge in [-0.3, -0.25) is 0 Å². The van der Waals surface area contributed by atoms with Gasteiger partial charge in [-0.15, -0.1) is 0 Å². The van der Waals surface area contributed by atoms with E-state index in [2.05, 4.69) is 40.7 Å². The lowest BCUT2D eigenvalue weighted by Gasteiger charge is -2.23. The van der Waals surface area contributed by atoms with Crippen molar-refractivity contribution in [3.63, 3.8) is 0 Å². The molecule has 22 heavy (non-hydrogen) atoms. The lowest BCUT2D eigenvalue weighted by atomic mass is 10.2. The van der Waals surface area contributed by atoms with Crippen molar-refractivity contribution in [2.45, 2.75) is 25.5 Å². The highest BCUT2D eigenvalue weighted by Gasteiger charge is 2.18. The maximum absolute atomic E-state index is 5.87. The Hall–Kier alpha value is -2.33. The average Bonchev–Trinajstić information content (AvgIpc) is 3.00. The number of ether oxygens (including phenoxy) is 1. The van der Waals surface area contributed by atoms with Gasteiger partial charge in [-0.05, 0) is 49.6 Å². The van der Waals surface area contributed by atoms with Crippen LogP contribution < -0.4 is 5.32 Å². The van der Waals surface area contributed by atoms with Crippen molar-refractivity contribution in [1.29, 1.82) is 0 Å². The zero-order valence-corrected chi connectivity index (χ0v) is 12.4. The highest BCUT2D eigenvalue weighted by molar-refractivity contribution is 5.83. The predicted molar refractivity (Wildman–Crippen MR) is 88.3 cm³/mol. The van der Waals surface area contributed by atoms with Crippen molar-refractivity contribution in [2.24, 2.45) is 0 Å². The second kappa shape index (κ2) is 5.81. The number of para-hydroxylation sites is 1. The molecule has 1 aromatic heterocycles. The average molecular weight is 293 g/mol. The van der Waals surface area contributed by atoms with E-state index in [0.717, 1.165) is 41.7 Å². The Morgan fingerprint density at radius 3 is 2.77 bits per heavy atom. The normalized spacial score (nSPS) is 18.5. The van der Waals surface area contributed by atoms with Gasteiger partial charge in [0.25, 0.3) is 0 Å². The minimum atomic E-state index is 0.0678. The Morgan fingerprint density at radius 2 is 1.95 bits per heavy atom. The molecule has 1 fully saturated rings. The van der Waals surface area contributed by atoms with Crippen molar-refractivity contribution >= 4 is 22.3 Å². The number of rotatable bonds is 3. The molecular weight excluding hydrogens is 274 g/mol. The molecule has 0 amide bonds. The number of hydrogen-bond acceptors (Lipinski definition) is 3. The summed E-state index contributed by atoms with van der Waals surface area (Å²) in [7, 11) is 0. The van der Waals surface area contributed by atoms with Gasteiger partial charge in [-0.25, -0.2) is 4.68 Å². The molecule has 1 saturated heterocycles. The Bertz CT molecular complexity index is 760. The molecule has 4 rings (SSSR count). The summed E-state index contributed by atoms with van der Waals surface area (Å²) in [6.45, 7) is 0.827. The first-order valence-corrected chi connectivity index (χ1v) is 7.81. The minimum absolute atomic E-state index is 0.0678. The molecule has 0 bridgehead atoms. The summed E-state index contributed by atoms with van der Waals surface area (Å²) in [6.07, 6.45) is 5.37. The molecule has 1 aliphatic heterocycles. The van der Waals surface area contributed by atoms with Crippen molar-refractivity contribution in [1.82, 2.24) is 9.78 Å². The molecule has 4 heteroatoms. The van der Waals surface area contributed by atoms with Crippen LogP contribution in [0.3, 0.4) is 0 Å². The first kappa shape index (κ1) is 13.3. The van der Waals surface area contributed by atoms with Crippen LogP contribution in [-0.4, -0.2) is 16.4 Å². The molecule has 0 aliphatic carbocycles. The van der Waals surface area contributed by atoms with E-state index in [9.17, 15) is 0 Å². The second-order valence-corrected chi connectivity index (χ2v) is 5.67. The van der Waals surface area contributed by atoms with E-state index in [-0.39, 0.29) is 6.23 Å². The van der Waals surface area contributed by atoms with Crippen LogP contribution in [0.15, 0.2) is 54.7 Å². The van der Waals surface area contributed by atoms with E-state index in [4.69, 9.17) is 4.74 Å². The van der Waals surface area contributed by atoms with Crippen molar-refractivity contribution in [2.75, 3.05) is 11.9 Å². The zero-order chi connectivity index (χ0) is 14.8. The summed E-state index contributed by atoms with van der Waals surface area (Å²) in [4.78, 5) is 0. The largest absolute Gasteiger partial charge is 0.356 e. The summed E-state index contributed by atoms with van der Waals surface area (Å²) in [6, 6.07) is 16.5. The number of nitrogens with one attached hydrogen (secondary N) is 1. The summed E-state index contributed by atoms with van der Waals surface area (Å²) < 4.78 is 7.89. The van der Waals surface area contributed by atoms with Gasteiger partial charge in [0.1, 0.15) is 0 Å².